The Morgan fingerprint density at radius 3 is 2.50 bits per heavy atom. The monoisotopic (exact) mass is 451 g/mol. The van der Waals surface area contributed by atoms with Crippen molar-refractivity contribution in [3.63, 3.8) is 0 Å². The quantitative estimate of drug-likeness (QED) is 0.200. The van der Waals surface area contributed by atoms with Crippen LogP contribution in [0.3, 0.4) is 0 Å². The maximum Gasteiger partial charge on any atom is 0.306 e. The van der Waals surface area contributed by atoms with Gasteiger partial charge >= 0.3 is 5.97 Å². The lowest BCUT2D eigenvalue weighted by Gasteiger charge is -2.07. The molecular formula is C28H21NO5. The van der Waals surface area contributed by atoms with Gasteiger partial charge in [0.15, 0.2) is 18.7 Å². The molecule has 0 bridgehead atoms. The topological polar surface area (TPSA) is 82.4 Å². The van der Waals surface area contributed by atoms with Crippen LogP contribution in [0, 0.1) is 0 Å². The van der Waals surface area contributed by atoms with Gasteiger partial charge in [-0.05, 0) is 40.8 Å². The van der Waals surface area contributed by atoms with E-state index in [9.17, 15) is 19.2 Å². The van der Waals surface area contributed by atoms with Crippen LogP contribution in [-0.2, 0) is 16.0 Å². The minimum Gasteiger partial charge on any atom is -0.457 e. The van der Waals surface area contributed by atoms with E-state index in [-0.39, 0.29) is 31.1 Å². The number of nitrogens with zero attached hydrogens (tertiary/aromatic N) is 1. The number of para-hydroxylation sites is 1. The predicted octanol–water partition coefficient (Wildman–Crippen LogP) is 4.87. The maximum atomic E-state index is 12.6. The van der Waals surface area contributed by atoms with Gasteiger partial charge in [-0.3, -0.25) is 23.7 Å². The summed E-state index contributed by atoms with van der Waals surface area (Å²) in [5.41, 5.74) is 6.13. The SMILES string of the molecule is O=Cc1cn(C(=O)CCC(=O)OCC(=O)c2ccc3c(c2)Cc2ccccc2-3)c2ccccc12. The lowest BCUT2D eigenvalue weighted by atomic mass is 10.0. The number of esters is 1. The van der Waals surface area contributed by atoms with E-state index in [2.05, 4.69) is 12.1 Å². The molecule has 4 aromatic rings. The Hall–Kier alpha value is -4.32. The van der Waals surface area contributed by atoms with Crippen LogP contribution in [0.2, 0.25) is 0 Å². The van der Waals surface area contributed by atoms with Crippen molar-refractivity contribution in [2.24, 2.45) is 0 Å². The number of ketones is 1. The van der Waals surface area contributed by atoms with Crippen LogP contribution in [0.25, 0.3) is 22.0 Å². The number of ether oxygens (including phenoxy) is 1. The number of carbonyl (C=O) groups excluding carboxylic acids is 4. The number of aldehydes is 1. The zero-order valence-electron chi connectivity index (χ0n) is 18.3. The largest absolute Gasteiger partial charge is 0.457 e. The predicted molar refractivity (Wildman–Crippen MR) is 127 cm³/mol. The van der Waals surface area contributed by atoms with Gasteiger partial charge in [0.05, 0.1) is 11.9 Å². The van der Waals surface area contributed by atoms with E-state index in [0.717, 1.165) is 17.5 Å². The zero-order valence-corrected chi connectivity index (χ0v) is 18.3. The first-order valence-corrected chi connectivity index (χ1v) is 11.0. The molecule has 1 aliphatic carbocycles. The highest BCUT2D eigenvalue weighted by molar-refractivity contribution is 6.03. The Bertz CT molecular complexity index is 1460. The molecule has 6 nitrogen and oxygen atoms in total. The minimum absolute atomic E-state index is 0.0961. The molecule has 0 fully saturated rings. The van der Waals surface area contributed by atoms with Gasteiger partial charge in [0.2, 0.25) is 5.91 Å². The van der Waals surface area contributed by atoms with Crippen molar-refractivity contribution in [1.29, 1.82) is 0 Å². The second kappa shape index (κ2) is 8.90. The summed E-state index contributed by atoms with van der Waals surface area (Å²) in [6.07, 6.45) is 2.69. The molecule has 5 rings (SSSR count). The number of rotatable bonds is 7. The molecule has 0 saturated carbocycles. The van der Waals surface area contributed by atoms with Gasteiger partial charge in [-0.15, -0.1) is 0 Å². The molecule has 168 valence electrons. The fourth-order valence-corrected chi connectivity index (χ4v) is 4.46. The molecule has 6 heteroatoms. The number of Topliss-reactive ketones (excluding diaryl/α,β-unsaturated/α-hetero) is 1. The van der Waals surface area contributed by atoms with Gasteiger partial charge in [0.25, 0.3) is 0 Å². The molecule has 0 atom stereocenters. The van der Waals surface area contributed by atoms with Crippen molar-refractivity contribution in [2.75, 3.05) is 6.61 Å². The van der Waals surface area contributed by atoms with Crippen LogP contribution in [0.15, 0.2) is 72.9 Å². The second-order valence-corrected chi connectivity index (χ2v) is 8.27. The molecule has 3 aromatic carbocycles. The normalized spacial score (nSPS) is 11.6. The third-order valence-electron chi connectivity index (χ3n) is 6.16. The van der Waals surface area contributed by atoms with Crippen LogP contribution in [-0.4, -0.2) is 35.1 Å². The lowest BCUT2D eigenvalue weighted by Crippen LogP contribution is -2.17. The van der Waals surface area contributed by atoms with Crippen molar-refractivity contribution in [3.05, 3.63) is 95.2 Å². The molecule has 1 aromatic heterocycles. The Labute approximate surface area is 195 Å². The third-order valence-corrected chi connectivity index (χ3v) is 6.16. The van der Waals surface area contributed by atoms with Crippen molar-refractivity contribution >= 4 is 34.8 Å². The van der Waals surface area contributed by atoms with E-state index < -0.39 is 5.97 Å². The van der Waals surface area contributed by atoms with E-state index >= 15 is 0 Å². The van der Waals surface area contributed by atoms with Crippen molar-refractivity contribution in [1.82, 2.24) is 4.57 Å². The lowest BCUT2D eigenvalue weighted by molar-refractivity contribution is -0.142. The Balaban J connectivity index is 1.17. The molecule has 0 unspecified atom stereocenters. The first-order chi connectivity index (χ1) is 16.5. The number of carbonyl (C=O) groups is 4. The van der Waals surface area contributed by atoms with Crippen LogP contribution in [0.1, 0.15) is 49.5 Å². The van der Waals surface area contributed by atoms with Crippen molar-refractivity contribution < 1.29 is 23.9 Å². The second-order valence-electron chi connectivity index (χ2n) is 8.27. The van der Waals surface area contributed by atoms with Gasteiger partial charge < -0.3 is 4.74 Å². The van der Waals surface area contributed by atoms with Gasteiger partial charge in [-0.25, -0.2) is 0 Å². The Morgan fingerprint density at radius 2 is 1.65 bits per heavy atom. The van der Waals surface area contributed by atoms with E-state index in [1.807, 2.05) is 24.3 Å². The number of benzene rings is 3. The highest BCUT2D eigenvalue weighted by Crippen LogP contribution is 2.36. The van der Waals surface area contributed by atoms with Crippen LogP contribution in [0.5, 0.6) is 0 Å². The summed E-state index contributed by atoms with van der Waals surface area (Å²) in [4.78, 5) is 48.7. The molecule has 0 saturated heterocycles. The molecule has 0 radical (unpaired) electrons. The molecule has 0 aliphatic heterocycles. The Kier molecular flexibility index (Phi) is 5.64. The standard InChI is InChI=1S/C28H21NO5/c30-16-21-15-29(25-8-4-3-7-24(21)25)27(32)11-12-28(33)34-17-26(31)19-9-10-23-20(14-19)13-18-5-1-2-6-22(18)23/h1-10,14-16H,11-13,17H2. The summed E-state index contributed by atoms with van der Waals surface area (Å²) in [6, 6.07) is 20.8. The van der Waals surface area contributed by atoms with Gasteiger partial charge in [0, 0.05) is 29.1 Å². The maximum absolute atomic E-state index is 12.6. The molecule has 0 spiro atoms. The number of hydrogen-bond donors (Lipinski definition) is 0. The van der Waals surface area contributed by atoms with Gasteiger partial charge in [-0.1, -0.05) is 54.6 Å². The zero-order chi connectivity index (χ0) is 23.7. The average molecular weight is 451 g/mol. The van der Waals surface area contributed by atoms with Crippen molar-refractivity contribution in [2.45, 2.75) is 19.3 Å². The first-order valence-electron chi connectivity index (χ1n) is 11.0. The molecule has 1 aliphatic rings. The molecule has 0 amide bonds. The minimum atomic E-state index is -0.623. The highest BCUT2D eigenvalue weighted by atomic mass is 16.5. The molecule has 0 N–H and O–H groups in total. The van der Waals surface area contributed by atoms with Crippen LogP contribution in [0.4, 0.5) is 0 Å². The highest BCUT2D eigenvalue weighted by Gasteiger charge is 2.20. The number of aromatic nitrogens is 1. The first kappa shape index (κ1) is 21.5. The summed E-state index contributed by atoms with van der Waals surface area (Å²) in [6.45, 7) is -0.375. The van der Waals surface area contributed by atoms with Gasteiger partial charge in [0.1, 0.15) is 0 Å². The summed E-state index contributed by atoms with van der Waals surface area (Å²) in [7, 11) is 0. The van der Waals surface area contributed by atoms with E-state index in [0.29, 0.717) is 28.3 Å². The fourth-order valence-electron chi connectivity index (χ4n) is 4.46. The molecular weight excluding hydrogens is 430 g/mol. The van der Waals surface area contributed by atoms with E-state index in [1.54, 1.807) is 30.3 Å². The Morgan fingerprint density at radius 1 is 0.882 bits per heavy atom. The summed E-state index contributed by atoms with van der Waals surface area (Å²) in [5, 5.41) is 0.677. The summed E-state index contributed by atoms with van der Waals surface area (Å²) < 4.78 is 6.51. The van der Waals surface area contributed by atoms with Crippen LogP contribution < -0.4 is 0 Å². The van der Waals surface area contributed by atoms with Gasteiger partial charge in [-0.2, -0.15) is 0 Å². The van der Waals surface area contributed by atoms with Crippen LogP contribution >= 0.6 is 0 Å². The third kappa shape index (κ3) is 3.94. The summed E-state index contributed by atoms with van der Waals surface area (Å²) >= 11 is 0. The number of fused-ring (bicyclic) bond motifs is 4. The fraction of sp³-hybridized carbons (Fsp3) is 0.143. The number of hydrogen-bond acceptors (Lipinski definition) is 5. The van der Waals surface area contributed by atoms with Crippen molar-refractivity contribution in [3.8, 4) is 11.1 Å². The van der Waals surface area contributed by atoms with E-state index in [1.165, 1.54) is 21.9 Å². The average Bonchev–Trinajstić information content (AvgIpc) is 3.43. The van der Waals surface area contributed by atoms with E-state index in [4.69, 9.17) is 4.74 Å². The smallest absolute Gasteiger partial charge is 0.306 e. The molecule has 1 heterocycles. The summed E-state index contributed by atoms with van der Waals surface area (Å²) in [5.74, 6) is -1.24. The molecule has 34 heavy (non-hydrogen) atoms.